The second-order valence-electron chi connectivity index (χ2n) is 6.09. The van der Waals surface area contributed by atoms with Gasteiger partial charge in [-0.25, -0.2) is 0 Å². The van der Waals surface area contributed by atoms with E-state index in [-0.39, 0.29) is 0 Å². The number of hydrogen-bond donors (Lipinski definition) is 1. The highest BCUT2D eigenvalue weighted by Gasteiger charge is 2.16. The zero-order valence-corrected chi connectivity index (χ0v) is 13.0. The molecule has 1 N–H and O–H groups in total. The molecule has 20 heavy (non-hydrogen) atoms. The zero-order chi connectivity index (χ0) is 14.4. The Balaban J connectivity index is 1.74. The van der Waals surface area contributed by atoms with Crippen LogP contribution >= 0.6 is 0 Å². The summed E-state index contributed by atoms with van der Waals surface area (Å²) < 4.78 is 11.6. The summed E-state index contributed by atoms with van der Waals surface area (Å²) in [6.45, 7) is 7.84. The Labute approximate surface area is 122 Å². The summed E-state index contributed by atoms with van der Waals surface area (Å²) in [5.41, 5.74) is 0. The summed E-state index contributed by atoms with van der Waals surface area (Å²) in [5.74, 6) is 2.04. The van der Waals surface area contributed by atoms with E-state index in [1.807, 2.05) is 0 Å². The first-order chi connectivity index (χ1) is 9.63. The van der Waals surface area contributed by atoms with Crippen molar-refractivity contribution in [3.05, 3.63) is 23.7 Å². The molecule has 4 nitrogen and oxygen atoms in total. The SMILES string of the molecule is CC(C)NCc1ccc(CN(C)CC2CCCCO2)o1. The lowest BCUT2D eigenvalue weighted by atomic mass is 10.1. The van der Waals surface area contributed by atoms with Crippen LogP contribution in [0.1, 0.15) is 44.6 Å². The second-order valence-corrected chi connectivity index (χ2v) is 6.09. The number of nitrogens with zero attached hydrogens (tertiary/aromatic N) is 1. The van der Waals surface area contributed by atoms with Crippen molar-refractivity contribution in [1.29, 1.82) is 0 Å². The molecule has 1 fully saturated rings. The maximum Gasteiger partial charge on any atom is 0.118 e. The predicted molar refractivity (Wildman–Crippen MR) is 80.6 cm³/mol. The average Bonchev–Trinajstić information content (AvgIpc) is 2.85. The average molecular weight is 280 g/mol. The van der Waals surface area contributed by atoms with E-state index in [1.165, 1.54) is 19.3 Å². The van der Waals surface area contributed by atoms with Crippen LogP contribution in [-0.2, 0) is 17.8 Å². The number of ether oxygens (including phenoxy) is 1. The molecular formula is C16H28N2O2. The van der Waals surface area contributed by atoms with Gasteiger partial charge in [0.25, 0.3) is 0 Å². The first kappa shape index (κ1) is 15.5. The maximum atomic E-state index is 5.85. The highest BCUT2D eigenvalue weighted by molar-refractivity contribution is 5.07. The van der Waals surface area contributed by atoms with Crippen LogP contribution in [0.25, 0.3) is 0 Å². The van der Waals surface area contributed by atoms with Gasteiger partial charge in [0.1, 0.15) is 11.5 Å². The van der Waals surface area contributed by atoms with E-state index in [1.54, 1.807) is 0 Å². The summed E-state index contributed by atoms with van der Waals surface area (Å²) in [5, 5.41) is 3.37. The highest BCUT2D eigenvalue weighted by Crippen LogP contribution is 2.15. The molecule has 0 aromatic carbocycles. The van der Waals surface area contributed by atoms with Crippen molar-refractivity contribution in [1.82, 2.24) is 10.2 Å². The monoisotopic (exact) mass is 280 g/mol. The van der Waals surface area contributed by atoms with Gasteiger partial charge < -0.3 is 14.5 Å². The molecule has 2 rings (SSSR count). The van der Waals surface area contributed by atoms with Gasteiger partial charge in [0.15, 0.2) is 0 Å². The third-order valence-electron chi connectivity index (χ3n) is 3.62. The minimum absolute atomic E-state index is 0.394. The summed E-state index contributed by atoms with van der Waals surface area (Å²) in [7, 11) is 2.13. The van der Waals surface area contributed by atoms with Crippen molar-refractivity contribution in [3.63, 3.8) is 0 Å². The van der Waals surface area contributed by atoms with Gasteiger partial charge in [0, 0.05) is 19.2 Å². The summed E-state index contributed by atoms with van der Waals surface area (Å²) >= 11 is 0. The molecule has 0 amide bonds. The van der Waals surface area contributed by atoms with Gasteiger partial charge >= 0.3 is 0 Å². The summed E-state index contributed by atoms with van der Waals surface area (Å²) in [6.07, 6.45) is 4.09. The van der Waals surface area contributed by atoms with Crippen molar-refractivity contribution in [2.45, 2.75) is 58.3 Å². The van der Waals surface area contributed by atoms with Crippen LogP contribution in [0.5, 0.6) is 0 Å². The van der Waals surface area contributed by atoms with Gasteiger partial charge in [-0.15, -0.1) is 0 Å². The van der Waals surface area contributed by atoms with Gasteiger partial charge in [0.05, 0.1) is 19.2 Å². The molecule has 0 spiro atoms. The molecule has 2 heterocycles. The molecular weight excluding hydrogens is 252 g/mol. The Bertz CT molecular complexity index is 384. The third kappa shape index (κ3) is 5.27. The van der Waals surface area contributed by atoms with Gasteiger partial charge in [-0.3, -0.25) is 4.90 Å². The van der Waals surface area contributed by atoms with E-state index in [4.69, 9.17) is 9.15 Å². The molecule has 1 aliphatic rings. The van der Waals surface area contributed by atoms with Crippen LogP contribution in [-0.4, -0.2) is 37.2 Å². The Hall–Kier alpha value is -0.840. The molecule has 1 aromatic rings. The maximum absolute atomic E-state index is 5.85. The van der Waals surface area contributed by atoms with Gasteiger partial charge in [-0.2, -0.15) is 0 Å². The molecule has 0 radical (unpaired) electrons. The fraction of sp³-hybridized carbons (Fsp3) is 0.750. The van der Waals surface area contributed by atoms with E-state index in [2.05, 4.69) is 43.2 Å². The third-order valence-corrected chi connectivity index (χ3v) is 3.62. The highest BCUT2D eigenvalue weighted by atomic mass is 16.5. The smallest absolute Gasteiger partial charge is 0.118 e. The van der Waals surface area contributed by atoms with Crippen LogP contribution in [0.3, 0.4) is 0 Å². The fourth-order valence-electron chi connectivity index (χ4n) is 2.54. The molecule has 1 atom stereocenters. The number of hydrogen-bond acceptors (Lipinski definition) is 4. The fourth-order valence-corrected chi connectivity index (χ4v) is 2.54. The van der Waals surface area contributed by atoms with Gasteiger partial charge in [-0.05, 0) is 38.4 Å². The molecule has 1 aromatic heterocycles. The van der Waals surface area contributed by atoms with E-state index in [0.717, 1.165) is 37.8 Å². The lowest BCUT2D eigenvalue weighted by Crippen LogP contribution is -2.32. The normalized spacial score (nSPS) is 19.9. The van der Waals surface area contributed by atoms with Crippen LogP contribution in [0.2, 0.25) is 0 Å². The number of likely N-dealkylation sites (N-methyl/N-ethyl adjacent to an activating group) is 1. The topological polar surface area (TPSA) is 37.6 Å². The Morgan fingerprint density at radius 2 is 2.10 bits per heavy atom. The van der Waals surface area contributed by atoms with E-state index in [0.29, 0.717) is 12.1 Å². The van der Waals surface area contributed by atoms with Crippen molar-refractivity contribution >= 4 is 0 Å². The van der Waals surface area contributed by atoms with Gasteiger partial charge in [0.2, 0.25) is 0 Å². The number of nitrogens with one attached hydrogen (secondary N) is 1. The lowest BCUT2D eigenvalue weighted by molar-refractivity contribution is -0.00342. The molecule has 0 aliphatic carbocycles. The molecule has 4 heteroatoms. The number of furan rings is 1. The minimum Gasteiger partial charge on any atom is -0.463 e. The quantitative estimate of drug-likeness (QED) is 0.833. The minimum atomic E-state index is 0.394. The first-order valence-electron chi connectivity index (χ1n) is 7.74. The zero-order valence-electron chi connectivity index (χ0n) is 13.0. The van der Waals surface area contributed by atoms with Crippen molar-refractivity contribution in [2.24, 2.45) is 0 Å². The summed E-state index contributed by atoms with van der Waals surface area (Å²) in [6, 6.07) is 4.63. The molecule has 0 saturated carbocycles. The Morgan fingerprint density at radius 3 is 2.80 bits per heavy atom. The second kappa shape index (κ2) is 7.81. The largest absolute Gasteiger partial charge is 0.463 e. The van der Waals surface area contributed by atoms with Crippen molar-refractivity contribution in [2.75, 3.05) is 20.2 Å². The molecule has 114 valence electrons. The van der Waals surface area contributed by atoms with Gasteiger partial charge in [-0.1, -0.05) is 13.8 Å². The predicted octanol–water partition coefficient (Wildman–Crippen LogP) is 2.78. The Kier molecular flexibility index (Phi) is 6.07. The molecule has 1 unspecified atom stereocenters. The molecule has 1 aliphatic heterocycles. The standard InChI is InChI=1S/C16H28N2O2/c1-13(2)17-10-14-7-8-16(20-14)12-18(3)11-15-6-4-5-9-19-15/h7-8,13,15,17H,4-6,9-12H2,1-3H3. The van der Waals surface area contributed by atoms with Crippen LogP contribution in [0, 0.1) is 0 Å². The van der Waals surface area contributed by atoms with E-state index >= 15 is 0 Å². The first-order valence-corrected chi connectivity index (χ1v) is 7.74. The Morgan fingerprint density at radius 1 is 1.30 bits per heavy atom. The number of rotatable bonds is 7. The lowest BCUT2D eigenvalue weighted by Gasteiger charge is -2.26. The van der Waals surface area contributed by atoms with Crippen LogP contribution < -0.4 is 5.32 Å². The van der Waals surface area contributed by atoms with Crippen LogP contribution in [0.15, 0.2) is 16.5 Å². The molecule has 1 saturated heterocycles. The van der Waals surface area contributed by atoms with Crippen molar-refractivity contribution in [3.8, 4) is 0 Å². The van der Waals surface area contributed by atoms with E-state index in [9.17, 15) is 0 Å². The van der Waals surface area contributed by atoms with E-state index < -0.39 is 0 Å². The molecule has 0 bridgehead atoms. The van der Waals surface area contributed by atoms with Crippen LogP contribution in [0.4, 0.5) is 0 Å². The summed E-state index contributed by atoms with van der Waals surface area (Å²) in [4.78, 5) is 2.29. The van der Waals surface area contributed by atoms with Crippen molar-refractivity contribution < 1.29 is 9.15 Å².